The average Bonchev–Trinajstić information content (AvgIpc) is 3.11. The van der Waals surface area contributed by atoms with E-state index in [1.807, 2.05) is 24.1 Å². The molecule has 29 heavy (non-hydrogen) atoms. The van der Waals surface area contributed by atoms with E-state index in [0.29, 0.717) is 6.61 Å². The van der Waals surface area contributed by atoms with Gasteiger partial charge in [0.25, 0.3) is 0 Å². The highest BCUT2D eigenvalue weighted by atomic mass is 16.5. The lowest BCUT2D eigenvalue weighted by atomic mass is 9.88. The van der Waals surface area contributed by atoms with Gasteiger partial charge in [-0.2, -0.15) is 5.10 Å². The molecule has 0 bridgehead atoms. The van der Waals surface area contributed by atoms with E-state index in [1.54, 1.807) is 0 Å². The molecule has 2 aliphatic heterocycles. The van der Waals surface area contributed by atoms with Crippen LogP contribution in [0.3, 0.4) is 0 Å². The van der Waals surface area contributed by atoms with Gasteiger partial charge in [-0.3, -0.25) is 14.6 Å². The number of hydrogen-bond donors (Lipinski definition) is 1. The zero-order valence-corrected chi connectivity index (χ0v) is 19.2. The van der Waals surface area contributed by atoms with Gasteiger partial charge in [0.05, 0.1) is 25.9 Å². The largest absolute Gasteiger partial charge is 0.370 e. The minimum atomic E-state index is 0.0399. The first-order valence-corrected chi connectivity index (χ1v) is 11.2. The molecule has 1 N–H and O–H groups in total. The van der Waals surface area contributed by atoms with Crippen LogP contribution >= 0.6 is 0 Å². The van der Waals surface area contributed by atoms with Crippen molar-refractivity contribution in [3.05, 3.63) is 18.0 Å². The van der Waals surface area contributed by atoms with Crippen LogP contribution in [0.5, 0.6) is 0 Å². The number of rotatable bonds is 5. The number of likely N-dealkylation sites (tertiary alicyclic amines) is 1. The highest BCUT2D eigenvalue weighted by Gasteiger charge is 2.33. The number of aryl methyl sites for hydroxylation is 1. The monoisotopic (exact) mass is 404 g/mol. The van der Waals surface area contributed by atoms with Crippen molar-refractivity contribution < 1.29 is 4.74 Å². The first-order chi connectivity index (χ1) is 13.8. The lowest BCUT2D eigenvalue weighted by Gasteiger charge is -2.44. The molecule has 3 unspecified atom stereocenters. The van der Waals surface area contributed by atoms with Crippen molar-refractivity contribution in [3.63, 3.8) is 0 Å². The summed E-state index contributed by atoms with van der Waals surface area (Å²) in [5.74, 6) is 2.51. The third-order valence-corrected chi connectivity index (χ3v) is 6.14. The summed E-state index contributed by atoms with van der Waals surface area (Å²) in [7, 11) is 1.94. The van der Waals surface area contributed by atoms with Crippen molar-refractivity contribution in [2.45, 2.75) is 52.7 Å². The van der Waals surface area contributed by atoms with Crippen LogP contribution in [0.15, 0.2) is 17.4 Å². The van der Waals surface area contributed by atoms with Crippen LogP contribution in [0.2, 0.25) is 0 Å². The first-order valence-electron chi connectivity index (χ1n) is 11.2. The second kappa shape index (κ2) is 9.47. The summed E-state index contributed by atoms with van der Waals surface area (Å²) in [6.45, 7) is 17.9. The van der Waals surface area contributed by atoms with Gasteiger partial charge in [-0.1, -0.05) is 13.8 Å². The Hall–Kier alpha value is -1.60. The molecule has 0 amide bonds. The van der Waals surface area contributed by atoms with Gasteiger partial charge in [0.2, 0.25) is 0 Å². The molecule has 2 aliphatic rings. The van der Waals surface area contributed by atoms with Crippen LogP contribution < -0.4 is 5.32 Å². The van der Waals surface area contributed by atoms with Crippen molar-refractivity contribution in [2.75, 3.05) is 45.9 Å². The van der Waals surface area contributed by atoms with Crippen LogP contribution in [0.25, 0.3) is 0 Å². The number of hydrogen-bond acceptors (Lipinski definition) is 4. The normalized spacial score (nSPS) is 27.3. The maximum atomic E-state index is 6.01. The fraction of sp³-hybridized carbons (Fsp3) is 0.818. The molecule has 2 saturated heterocycles. The Bertz CT molecular complexity index is 675. The molecule has 7 nitrogen and oxygen atoms in total. The van der Waals surface area contributed by atoms with E-state index in [9.17, 15) is 0 Å². The minimum Gasteiger partial charge on any atom is -0.370 e. The summed E-state index contributed by atoms with van der Waals surface area (Å²) in [5, 5.41) is 7.80. The van der Waals surface area contributed by atoms with Gasteiger partial charge in [0.1, 0.15) is 6.10 Å². The predicted molar refractivity (Wildman–Crippen MR) is 118 cm³/mol. The third kappa shape index (κ3) is 5.72. The topological polar surface area (TPSA) is 57.9 Å². The Morgan fingerprint density at radius 1 is 1.28 bits per heavy atom. The highest BCUT2D eigenvalue weighted by molar-refractivity contribution is 5.80. The van der Waals surface area contributed by atoms with Crippen molar-refractivity contribution in [1.82, 2.24) is 24.9 Å². The lowest BCUT2D eigenvalue weighted by Crippen LogP contribution is -2.53. The Kier molecular flexibility index (Phi) is 7.22. The van der Waals surface area contributed by atoms with E-state index in [2.05, 4.69) is 54.8 Å². The molecule has 3 atom stereocenters. The summed E-state index contributed by atoms with van der Waals surface area (Å²) >= 11 is 0. The average molecular weight is 405 g/mol. The van der Waals surface area contributed by atoms with E-state index >= 15 is 0 Å². The molecule has 0 spiro atoms. The number of aliphatic imine (C=N–C) groups is 1. The molecule has 0 aromatic carbocycles. The van der Waals surface area contributed by atoms with Crippen LogP contribution in [-0.4, -0.2) is 77.0 Å². The van der Waals surface area contributed by atoms with Crippen molar-refractivity contribution in [2.24, 2.45) is 23.9 Å². The van der Waals surface area contributed by atoms with Crippen LogP contribution in [-0.2, 0) is 11.8 Å². The Morgan fingerprint density at radius 3 is 2.62 bits per heavy atom. The quantitative estimate of drug-likeness (QED) is 0.604. The van der Waals surface area contributed by atoms with Gasteiger partial charge in [0.15, 0.2) is 5.96 Å². The number of guanidine groups is 1. The van der Waals surface area contributed by atoms with Gasteiger partial charge >= 0.3 is 0 Å². The second-order valence-electron chi connectivity index (χ2n) is 9.59. The number of aromatic nitrogens is 2. The highest BCUT2D eigenvalue weighted by Crippen LogP contribution is 2.28. The number of nitrogens with one attached hydrogen (secondary N) is 1. The van der Waals surface area contributed by atoms with Gasteiger partial charge < -0.3 is 15.0 Å². The summed E-state index contributed by atoms with van der Waals surface area (Å²) in [6.07, 6.45) is 5.32. The number of ether oxygens (including phenoxy) is 1. The van der Waals surface area contributed by atoms with E-state index in [0.717, 1.165) is 49.5 Å². The molecular formula is C22H40N6O. The molecule has 0 saturated carbocycles. The Morgan fingerprint density at radius 2 is 2.00 bits per heavy atom. The van der Waals surface area contributed by atoms with E-state index in [-0.39, 0.29) is 11.6 Å². The van der Waals surface area contributed by atoms with Gasteiger partial charge in [-0.15, -0.1) is 0 Å². The third-order valence-electron chi connectivity index (χ3n) is 6.14. The summed E-state index contributed by atoms with van der Waals surface area (Å²) in [6, 6.07) is 0. The maximum absolute atomic E-state index is 6.01. The van der Waals surface area contributed by atoms with E-state index in [4.69, 9.17) is 9.73 Å². The van der Waals surface area contributed by atoms with Crippen molar-refractivity contribution >= 4 is 5.96 Å². The summed E-state index contributed by atoms with van der Waals surface area (Å²) < 4.78 is 7.85. The fourth-order valence-electron chi connectivity index (χ4n) is 4.60. The lowest BCUT2D eigenvalue weighted by molar-refractivity contribution is -0.00824. The number of piperidine rings is 1. The number of nitrogens with zero attached hydrogens (tertiary/aromatic N) is 5. The molecule has 1 aromatic heterocycles. The molecule has 2 fully saturated rings. The molecular weight excluding hydrogens is 364 g/mol. The molecule has 0 aliphatic carbocycles. The zero-order chi connectivity index (χ0) is 21.0. The SMILES string of the molecule is CCNC(=NCC(C)(C)N1CC(C)CC(C)C1)N1CCOC(c2cnn(C)c2)C1. The van der Waals surface area contributed by atoms with E-state index in [1.165, 1.54) is 19.5 Å². The minimum absolute atomic E-state index is 0.0399. The zero-order valence-electron chi connectivity index (χ0n) is 19.2. The summed E-state index contributed by atoms with van der Waals surface area (Å²) in [4.78, 5) is 10.1. The Labute approximate surface area is 176 Å². The second-order valence-corrected chi connectivity index (χ2v) is 9.59. The van der Waals surface area contributed by atoms with Crippen molar-refractivity contribution in [1.29, 1.82) is 0 Å². The molecule has 1 aromatic rings. The van der Waals surface area contributed by atoms with Gasteiger partial charge in [0, 0.05) is 50.5 Å². The summed E-state index contributed by atoms with van der Waals surface area (Å²) in [5.41, 5.74) is 1.18. The maximum Gasteiger partial charge on any atom is 0.194 e. The van der Waals surface area contributed by atoms with Crippen LogP contribution in [0, 0.1) is 11.8 Å². The first kappa shape index (κ1) is 22.1. The predicted octanol–water partition coefficient (Wildman–Crippen LogP) is 2.52. The molecule has 164 valence electrons. The van der Waals surface area contributed by atoms with Crippen molar-refractivity contribution in [3.8, 4) is 0 Å². The molecule has 7 heteroatoms. The van der Waals surface area contributed by atoms with E-state index < -0.39 is 0 Å². The molecule has 0 radical (unpaired) electrons. The van der Waals surface area contributed by atoms with Crippen LogP contribution in [0.1, 0.15) is 52.7 Å². The molecule has 3 heterocycles. The fourth-order valence-corrected chi connectivity index (χ4v) is 4.60. The smallest absolute Gasteiger partial charge is 0.194 e. The number of morpholine rings is 1. The van der Waals surface area contributed by atoms with Crippen LogP contribution in [0.4, 0.5) is 0 Å². The standard InChI is InChI=1S/C22H40N6O/c1-7-23-21(24-16-22(4,5)28-12-17(2)10-18(3)13-28)27-8-9-29-20(15-27)19-11-25-26(6)14-19/h11,14,17-18,20H,7-10,12-13,15-16H2,1-6H3,(H,23,24). The van der Waals surface area contributed by atoms with Gasteiger partial charge in [-0.25, -0.2) is 0 Å². The Balaban J connectivity index is 1.68. The van der Waals surface area contributed by atoms with Gasteiger partial charge in [-0.05, 0) is 39.0 Å². The molecule has 3 rings (SSSR count).